The molecular weight excluding hydrogens is 769 g/mol. The van der Waals surface area contributed by atoms with Gasteiger partial charge in [-0.3, -0.25) is 14.4 Å². The Bertz CT molecular complexity index is 1180. The van der Waals surface area contributed by atoms with E-state index in [0.717, 1.165) is 128 Å². The van der Waals surface area contributed by atoms with Gasteiger partial charge in [0.05, 0.1) is 0 Å². The molecule has 1 unspecified atom stereocenters. The average molecular weight is 865 g/mol. The van der Waals surface area contributed by atoms with Crippen molar-refractivity contribution in [2.75, 3.05) is 13.2 Å². The van der Waals surface area contributed by atoms with Gasteiger partial charge in [0.15, 0.2) is 6.10 Å². The van der Waals surface area contributed by atoms with Gasteiger partial charge in [-0.25, -0.2) is 0 Å². The van der Waals surface area contributed by atoms with Gasteiger partial charge < -0.3 is 14.2 Å². The Hall–Kier alpha value is -3.15. The van der Waals surface area contributed by atoms with Crippen molar-refractivity contribution in [1.29, 1.82) is 0 Å². The molecule has 0 radical (unpaired) electrons. The molecule has 0 N–H and O–H groups in total. The van der Waals surface area contributed by atoms with E-state index in [1.165, 1.54) is 77.0 Å². The van der Waals surface area contributed by atoms with E-state index in [1.54, 1.807) is 0 Å². The Morgan fingerprint density at radius 1 is 0.339 bits per heavy atom. The molecule has 62 heavy (non-hydrogen) atoms. The lowest BCUT2D eigenvalue weighted by Gasteiger charge is -2.18. The van der Waals surface area contributed by atoms with Crippen molar-refractivity contribution in [2.45, 2.75) is 252 Å². The van der Waals surface area contributed by atoms with E-state index in [9.17, 15) is 14.4 Å². The number of unbranched alkanes of at least 4 members (excludes halogenated alkanes) is 23. The van der Waals surface area contributed by atoms with Gasteiger partial charge in [-0.05, 0) is 103 Å². The van der Waals surface area contributed by atoms with E-state index in [1.807, 2.05) is 0 Å². The molecule has 0 fully saturated rings. The zero-order valence-electron chi connectivity index (χ0n) is 40.6. The molecule has 0 aromatic rings. The summed E-state index contributed by atoms with van der Waals surface area (Å²) in [5.74, 6) is -0.938. The Balaban J connectivity index is 4.40. The first-order chi connectivity index (χ1) is 30.5. The Morgan fingerprint density at radius 2 is 0.629 bits per heavy atom. The molecule has 0 heterocycles. The highest BCUT2D eigenvalue weighted by molar-refractivity contribution is 5.71. The highest BCUT2D eigenvalue weighted by Gasteiger charge is 2.19. The van der Waals surface area contributed by atoms with Crippen LogP contribution in [0.2, 0.25) is 0 Å². The maximum absolute atomic E-state index is 12.8. The third-order valence-electron chi connectivity index (χ3n) is 10.9. The van der Waals surface area contributed by atoms with Crippen LogP contribution in [0.1, 0.15) is 245 Å². The first-order valence-corrected chi connectivity index (χ1v) is 25.9. The van der Waals surface area contributed by atoms with Crippen LogP contribution in [0.5, 0.6) is 0 Å². The van der Waals surface area contributed by atoms with Crippen molar-refractivity contribution in [3.8, 4) is 0 Å². The fourth-order valence-corrected chi connectivity index (χ4v) is 7.08. The molecular formula is C56H96O6. The van der Waals surface area contributed by atoms with Crippen molar-refractivity contribution in [1.82, 2.24) is 0 Å². The summed E-state index contributed by atoms with van der Waals surface area (Å²) in [6.07, 6.45) is 63.2. The lowest BCUT2D eigenvalue weighted by Crippen LogP contribution is -2.30. The quantitative estimate of drug-likeness (QED) is 0.0262. The minimum absolute atomic E-state index is 0.0937. The summed E-state index contributed by atoms with van der Waals surface area (Å²) >= 11 is 0. The molecule has 6 heteroatoms. The van der Waals surface area contributed by atoms with Crippen LogP contribution < -0.4 is 0 Å². The van der Waals surface area contributed by atoms with Gasteiger partial charge in [0.2, 0.25) is 0 Å². The number of carbonyl (C=O) groups is 3. The molecule has 0 bridgehead atoms. The molecule has 0 rings (SSSR count). The number of hydrogen-bond donors (Lipinski definition) is 0. The highest BCUT2D eigenvalue weighted by Crippen LogP contribution is 2.14. The van der Waals surface area contributed by atoms with Gasteiger partial charge in [-0.1, -0.05) is 196 Å². The zero-order valence-corrected chi connectivity index (χ0v) is 40.6. The molecule has 0 aliphatic carbocycles. The van der Waals surface area contributed by atoms with Gasteiger partial charge in [0, 0.05) is 19.3 Å². The second-order valence-corrected chi connectivity index (χ2v) is 17.0. The highest BCUT2D eigenvalue weighted by atomic mass is 16.6. The molecule has 0 aromatic heterocycles. The van der Waals surface area contributed by atoms with Gasteiger partial charge in [-0.15, -0.1) is 0 Å². The van der Waals surface area contributed by atoms with Crippen LogP contribution in [-0.4, -0.2) is 37.2 Å². The Morgan fingerprint density at radius 3 is 1.00 bits per heavy atom. The van der Waals surface area contributed by atoms with Gasteiger partial charge >= 0.3 is 17.9 Å². The second kappa shape index (κ2) is 50.5. The smallest absolute Gasteiger partial charge is 0.306 e. The SMILES string of the molecule is CC/C=C\C/C=C\C/C=C\CCCCCCC(=O)OC(COC(=O)CCCCCCC/C=C\C/C=C\CC)COC(=O)CCCCCCC/C=C\CCCCCCCCCCC. The molecule has 0 aliphatic rings. The molecule has 0 aromatic carbocycles. The van der Waals surface area contributed by atoms with Crippen molar-refractivity contribution >= 4 is 17.9 Å². The van der Waals surface area contributed by atoms with Crippen LogP contribution in [0.4, 0.5) is 0 Å². The summed E-state index contributed by atoms with van der Waals surface area (Å²) in [6.45, 7) is 6.38. The summed E-state index contributed by atoms with van der Waals surface area (Å²) in [5.41, 5.74) is 0. The summed E-state index contributed by atoms with van der Waals surface area (Å²) in [5, 5.41) is 0. The summed E-state index contributed by atoms with van der Waals surface area (Å²) in [6, 6.07) is 0. The van der Waals surface area contributed by atoms with Crippen LogP contribution >= 0.6 is 0 Å². The first kappa shape index (κ1) is 58.9. The summed E-state index contributed by atoms with van der Waals surface area (Å²) in [7, 11) is 0. The van der Waals surface area contributed by atoms with E-state index in [2.05, 4.69) is 93.7 Å². The van der Waals surface area contributed by atoms with E-state index in [0.29, 0.717) is 19.3 Å². The maximum Gasteiger partial charge on any atom is 0.306 e. The van der Waals surface area contributed by atoms with E-state index >= 15 is 0 Å². The predicted molar refractivity (Wildman–Crippen MR) is 265 cm³/mol. The minimum Gasteiger partial charge on any atom is -0.462 e. The molecule has 356 valence electrons. The first-order valence-electron chi connectivity index (χ1n) is 25.9. The van der Waals surface area contributed by atoms with Crippen molar-refractivity contribution in [2.24, 2.45) is 0 Å². The van der Waals surface area contributed by atoms with Gasteiger partial charge in [0.25, 0.3) is 0 Å². The molecule has 0 aliphatic heterocycles. The monoisotopic (exact) mass is 865 g/mol. The maximum atomic E-state index is 12.8. The van der Waals surface area contributed by atoms with Gasteiger partial charge in [0.1, 0.15) is 13.2 Å². The fraction of sp³-hybridized carbons (Fsp3) is 0.732. The zero-order chi connectivity index (χ0) is 45.1. The van der Waals surface area contributed by atoms with Crippen LogP contribution in [-0.2, 0) is 28.6 Å². The van der Waals surface area contributed by atoms with E-state index < -0.39 is 6.10 Å². The molecule has 0 saturated carbocycles. The summed E-state index contributed by atoms with van der Waals surface area (Å²) < 4.78 is 16.8. The minimum atomic E-state index is -0.795. The molecule has 0 spiro atoms. The lowest BCUT2D eigenvalue weighted by atomic mass is 10.1. The van der Waals surface area contributed by atoms with Crippen LogP contribution in [0.25, 0.3) is 0 Å². The summed E-state index contributed by atoms with van der Waals surface area (Å²) in [4.78, 5) is 37.9. The second-order valence-electron chi connectivity index (χ2n) is 17.0. The van der Waals surface area contributed by atoms with Crippen LogP contribution in [0.3, 0.4) is 0 Å². The molecule has 6 nitrogen and oxygen atoms in total. The molecule has 0 amide bonds. The van der Waals surface area contributed by atoms with Gasteiger partial charge in [-0.2, -0.15) is 0 Å². The van der Waals surface area contributed by atoms with Crippen LogP contribution in [0, 0.1) is 0 Å². The number of hydrogen-bond acceptors (Lipinski definition) is 6. The Kier molecular flexibility index (Phi) is 47.9. The number of esters is 3. The third kappa shape index (κ3) is 47.9. The molecule has 0 saturated heterocycles. The third-order valence-corrected chi connectivity index (χ3v) is 10.9. The van der Waals surface area contributed by atoms with Crippen molar-refractivity contribution in [3.05, 3.63) is 72.9 Å². The lowest BCUT2D eigenvalue weighted by molar-refractivity contribution is -0.167. The normalized spacial score (nSPS) is 12.6. The number of rotatable bonds is 46. The molecule has 1 atom stereocenters. The standard InChI is InChI=1S/C56H96O6/c1-4-7-10-13-16-19-22-25-27-28-29-30-32-34-37-40-43-46-49-55(58)61-52-53(51-60-54(57)48-45-42-39-36-33-24-21-18-15-12-9-6-3)62-56(59)50-47-44-41-38-35-31-26-23-20-17-14-11-8-5-2/h8-9,11-12,17-18,20-21,26,29-31,53H,4-7,10,13-16,19,22-25,27-28,32-52H2,1-3H3/b11-8-,12-9-,20-17-,21-18-,30-29-,31-26-. The predicted octanol–water partition coefficient (Wildman–Crippen LogP) is 17.0. The van der Waals surface area contributed by atoms with Crippen LogP contribution in [0.15, 0.2) is 72.9 Å². The Labute approximate surface area is 382 Å². The van der Waals surface area contributed by atoms with Crippen molar-refractivity contribution in [3.63, 3.8) is 0 Å². The van der Waals surface area contributed by atoms with Crippen molar-refractivity contribution < 1.29 is 28.6 Å². The number of allylic oxidation sites excluding steroid dienone is 12. The average Bonchev–Trinajstić information content (AvgIpc) is 3.27. The number of ether oxygens (including phenoxy) is 3. The number of carbonyl (C=O) groups excluding carboxylic acids is 3. The largest absolute Gasteiger partial charge is 0.462 e. The van der Waals surface area contributed by atoms with E-state index in [-0.39, 0.29) is 31.1 Å². The topological polar surface area (TPSA) is 78.9 Å². The fourth-order valence-electron chi connectivity index (χ4n) is 7.08. The van der Waals surface area contributed by atoms with E-state index in [4.69, 9.17) is 14.2 Å².